The number of nitrogens with zero attached hydrogens (tertiary/aromatic N) is 1. The molecule has 20 heavy (non-hydrogen) atoms. The van der Waals surface area contributed by atoms with Crippen LogP contribution in [-0.4, -0.2) is 37.1 Å². The van der Waals surface area contributed by atoms with Gasteiger partial charge >= 0.3 is 6.03 Å². The molecule has 0 aliphatic carbocycles. The van der Waals surface area contributed by atoms with E-state index in [-0.39, 0.29) is 11.8 Å². The molecular formula is C15H22FN3O. The lowest BCUT2D eigenvalue weighted by Gasteiger charge is -2.29. The summed E-state index contributed by atoms with van der Waals surface area (Å²) in [5.74, 6) is 0.264. The Hall–Kier alpha value is -1.62. The highest BCUT2D eigenvalue weighted by Crippen LogP contribution is 2.15. The van der Waals surface area contributed by atoms with Gasteiger partial charge in [-0.1, -0.05) is 0 Å². The second-order valence-electron chi connectivity index (χ2n) is 5.17. The van der Waals surface area contributed by atoms with Gasteiger partial charge in [-0.25, -0.2) is 9.18 Å². The SMILES string of the molecule is CCN(CC1CCNCC1)C(=O)Nc1ccc(F)cc1. The van der Waals surface area contributed by atoms with E-state index in [9.17, 15) is 9.18 Å². The van der Waals surface area contributed by atoms with Gasteiger partial charge in [0.25, 0.3) is 0 Å². The lowest BCUT2D eigenvalue weighted by atomic mass is 9.98. The smallest absolute Gasteiger partial charge is 0.321 e. The van der Waals surface area contributed by atoms with Crippen molar-refractivity contribution in [2.75, 3.05) is 31.5 Å². The van der Waals surface area contributed by atoms with Crippen LogP contribution in [0, 0.1) is 11.7 Å². The molecule has 0 aromatic heterocycles. The highest BCUT2D eigenvalue weighted by atomic mass is 19.1. The van der Waals surface area contributed by atoms with E-state index in [1.54, 1.807) is 12.1 Å². The molecule has 110 valence electrons. The van der Waals surface area contributed by atoms with E-state index in [1.165, 1.54) is 12.1 Å². The predicted octanol–water partition coefficient (Wildman–Crippen LogP) is 2.68. The number of nitrogens with one attached hydrogen (secondary N) is 2. The van der Waals surface area contributed by atoms with Gasteiger partial charge in [-0.05, 0) is 63.0 Å². The average molecular weight is 279 g/mol. The van der Waals surface area contributed by atoms with Crippen molar-refractivity contribution >= 4 is 11.7 Å². The molecule has 2 rings (SSSR count). The minimum atomic E-state index is -0.301. The molecule has 1 aliphatic heterocycles. The molecule has 0 atom stereocenters. The number of urea groups is 1. The summed E-state index contributed by atoms with van der Waals surface area (Å²) in [6, 6.07) is 5.73. The van der Waals surface area contributed by atoms with E-state index < -0.39 is 0 Å². The minimum absolute atomic E-state index is 0.113. The van der Waals surface area contributed by atoms with Gasteiger partial charge in [0.2, 0.25) is 0 Å². The fourth-order valence-corrected chi connectivity index (χ4v) is 2.47. The number of hydrogen-bond donors (Lipinski definition) is 2. The lowest BCUT2D eigenvalue weighted by Crippen LogP contribution is -2.41. The third-order valence-corrected chi connectivity index (χ3v) is 3.70. The zero-order valence-electron chi connectivity index (χ0n) is 11.9. The fraction of sp³-hybridized carbons (Fsp3) is 0.533. The summed E-state index contributed by atoms with van der Waals surface area (Å²) in [7, 11) is 0. The van der Waals surface area contributed by atoms with E-state index in [0.717, 1.165) is 32.5 Å². The summed E-state index contributed by atoms with van der Waals surface area (Å²) >= 11 is 0. The van der Waals surface area contributed by atoms with Crippen LogP contribution in [-0.2, 0) is 0 Å². The number of amides is 2. The lowest BCUT2D eigenvalue weighted by molar-refractivity contribution is 0.196. The maximum Gasteiger partial charge on any atom is 0.321 e. The number of carbonyl (C=O) groups is 1. The number of carbonyl (C=O) groups excluding carboxylic acids is 1. The van der Waals surface area contributed by atoms with Crippen LogP contribution in [0.25, 0.3) is 0 Å². The van der Waals surface area contributed by atoms with Crippen LogP contribution in [0.3, 0.4) is 0 Å². The maximum atomic E-state index is 12.8. The minimum Gasteiger partial charge on any atom is -0.325 e. The first-order valence-corrected chi connectivity index (χ1v) is 7.21. The van der Waals surface area contributed by atoms with Crippen molar-refractivity contribution in [1.29, 1.82) is 0 Å². The van der Waals surface area contributed by atoms with E-state index in [0.29, 0.717) is 18.2 Å². The van der Waals surface area contributed by atoms with E-state index in [1.807, 2.05) is 11.8 Å². The molecule has 1 heterocycles. The van der Waals surface area contributed by atoms with E-state index >= 15 is 0 Å². The second-order valence-corrected chi connectivity index (χ2v) is 5.17. The highest BCUT2D eigenvalue weighted by Gasteiger charge is 2.19. The predicted molar refractivity (Wildman–Crippen MR) is 78.3 cm³/mol. The Morgan fingerprint density at radius 1 is 1.35 bits per heavy atom. The summed E-state index contributed by atoms with van der Waals surface area (Å²) < 4.78 is 12.8. The average Bonchev–Trinajstić information content (AvgIpc) is 2.48. The molecule has 1 aliphatic rings. The van der Waals surface area contributed by atoms with Gasteiger partial charge in [0, 0.05) is 18.8 Å². The fourth-order valence-electron chi connectivity index (χ4n) is 2.47. The van der Waals surface area contributed by atoms with Crippen LogP contribution in [0.2, 0.25) is 0 Å². The molecule has 0 unspecified atom stereocenters. The Morgan fingerprint density at radius 2 is 2.00 bits per heavy atom. The molecule has 1 aromatic carbocycles. The summed E-state index contributed by atoms with van der Waals surface area (Å²) in [6.07, 6.45) is 2.22. The van der Waals surface area contributed by atoms with Gasteiger partial charge in [-0.2, -0.15) is 0 Å². The second kappa shape index (κ2) is 7.24. The van der Waals surface area contributed by atoms with Crippen LogP contribution in [0.5, 0.6) is 0 Å². The molecule has 2 N–H and O–H groups in total. The molecule has 1 saturated heterocycles. The Kier molecular flexibility index (Phi) is 5.35. The van der Waals surface area contributed by atoms with Crippen LogP contribution >= 0.6 is 0 Å². The topological polar surface area (TPSA) is 44.4 Å². The molecule has 2 amide bonds. The van der Waals surface area contributed by atoms with Crippen molar-refractivity contribution < 1.29 is 9.18 Å². The number of hydrogen-bond acceptors (Lipinski definition) is 2. The third kappa shape index (κ3) is 4.20. The Morgan fingerprint density at radius 3 is 2.60 bits per heavy atom. The van der Waals surface area contributed by atoms with Crippen LogP contribution < -0.4 is 10.6 Å². The number of piperidine rings is 1. The molecule has 1 fully saturated rings. The molecule has 4 nitrogen and oxygen atoms in total. The van der Waals surface area contributed by atoms with E-state index in [4.69, 9.17) is 0 Å². The van der Waals surface area contributed by atoms with Crippen molar-refractivity contribution in [2.45, 2.75) is 19.8 Å². The van der Waals surface area contributed by atoms with Crippen molar-refractivity contribution in [1.82, 2.24) is 10.2 Å². The number of rotatable bonds is 4. The summed E-state index contributed by atoms with van der Waals surface area (Å²) in [5, 5.41) is 6.14. The molecule has 0 spiro atoms. The number of halogens is 1. The summed E-state index contributed by atoms with van der Waals surface area (Å²) in [4.78, 5) is 14.0. The van der Waals surface area contributed by atoms with Crippen molar-refractivity contribution in [3.8, 4) is 0 Å². The summed E-state index contributed by atoms with van der Waals surface area (Å²) in [5.41, 5.74) is 0.625. The van der Waals surface area contributed by atoms with Crippen molar-refractivity contribution in [3.05, 3.63) is 30.1 Å². The molecule has 0 saturated carbocycles. The first kappa shape index (κ1) is 14.8. The van der Waals surface area contributed by atoms with Gasteiger partial charge in [0.05, 0.1) is 0 Å². The van der Waals surface area contributed by atoms with Crippen LogP contribution in [0.1, 0.15) is 19.8 Å². The normalized spacial score (nSPS) is 15.9. The highest BCUT2D eigenvalue weighted by molar-refractivity contribution is 5.89. The monoisotopic (exact) mass is 279 g/mol. The first-order valence-electron chi connectivity index (χ1n) is 7.21. The van der Waals surface area contributed by atoms with Crippen molar-refractivity contribution in [3.63, 3.8) is 0 Å². The zero-order valence-corrected chi connectivity index (χ0v) is 11.9. The standard InChI is InChI=1S/C15H22FN3O/c1-2-19(11-12-7-9-17-10-8-12)15(20)18-14-5-3-13(16)4-6-14/h3-6,12,17H,2,7-11H2,1H3,(H,18,20). The molecule has 1 aromatic rings. The maximum absolute atomic E-state index is 12.8. The Bertz CT molecular complexity index is 429. The largest absolute Gasteiger partial charge is 0.325 e. The molecule has 5 heteroatoms. The van der Waals surface area contributed by atoms with Gasteiger partial charge < -0.3 is 15.5 Å². The molecule has 0 radical (unpaired) electrons. The quantitative estimate of drug-likeness (QED) is 0.890. The van der Waals surface area contributed by atoms with E-state index in [2.05, 4.69) is 10.6 Å². The Labute approximate surface area is 119 Å². The first-order chi connectivity index (χ1) is 9.69. The van der Waals surface area contributed by atoms with Gasteiger partial charge in [-0.15, -0.1) is 0 Å². The van der Waals surface area contributed by atoms with Crippen LogP contribution in [0.4, 0.5) is 14.9 Å². The van der Waals surface area contributed by atoms with Gasteiger partial charge in [-0.3, -0.25) is 0 Å². The Balaban J connectivity index is 1.89. The zero-order chi connectivity index (χ0) is 14.4. The molecular weight excluding hydrogens is 257 g/mol. The number of benzene rings is 1. The van der Waals surface area contributed by atoms with Crippen LogP contribution in [0.15, 0.2) is 24.3 Å². The van der Waals surface area contributed by atoms with Crippen molar-refractivity contribution in [2.24, 2.45) is 5.92 Å². The van der Waals surface area contributed by atoms with Gasteiger partial charge in [0.15, 0.2) is 0 Å². The summed E-state index contributed by atoms with van der Waals surface area (Å²) in [6.45, 7) is 5.50. The van der Waals surface area contributed by atoms with Gasteiger partial charge in [0.1, 0.15) is 5.82 Å². The number of anilines is 1. The molecule has 0 bridgehead atoms. The third-order valence-electron chi connectivity index (χ3n) is 3.70.